The molecule has 1 aromatic heterocycles. The fraction of sp³-hybridized carbons (Fsp3) is 0.375. The summed E-state index contributed by atoms with van der Waals surface area (Å²) in [5.74, 6) is -2.49. The van der Waals surface area contributed by atoms with Crippen molar-refractivity contribution in [1.29, 1.82) is 0 Å². The lowest BCUT2D eigenvalue weighted by molar-refractivity contribution is -0.163. The molecular formula is C32H34F2N2O4. The number of aryl methyl sites for hydroxylation is 1. The quantitative estimate of drug-likeness (QED) is 0.311. The molecule has 0 bridgehead atoms. The molecule has 8 heteroatoms. The highest BCUT2D eigenvalue weighted by Gasteiger charge is 2.47. The molecule has 0 saturated heterocycles. The van der Waals surface area contributed by atoms with E-state index in [1.165, 1.54) is 17.3 Å². The summed E-state index contributed by atoms with van der Waals surface area (Å²) in [4.78, 5) is 17.8. The molecule has 3 unspecified atom stereocenters. The lowest BCUT2D eigenvalue weighted by atomic mass is 9.74. The van der Waals surface area contributed by atoms with Gasteiger partial charge in [0.05, 0.1) is 6.61 Å². The maximum atomic E-state index is 14.2. The van der Waals surface area contributed by atoms with Gasteiger partial charge >= 0.3 is 11.7 Å². The van der Waals surface area contributed by atoms with Crippen molar-refractivity contribution in [2.24, 2.45) is 11.8 Å². The first-order valence-electron chi connectivity index (χ1n) is 13.5. The van der Waals surface area contributed by atoms with Crippen LogP contribution in [0.5, 0.6) is 17.4 Å². The van der Waals surface area contributed by atoms with E-state index in [1.54, 1.807) is 24.3 Å². The van der Waals surface area contributed by atoms with Crippen LogP contribution in [0.4, 0.5) is 14.5 Å². The van der Waals surface area contributed by atoms with Crippen molar-refractivity contribution in [2.75, 3.05) is 11.9 Å². The van der Waals surface area contributed by atoms with Gasteiger partial charge in [0, 0.05) is 12.3 Å². The van der Waals surface area contributed by atoms with Crippen LogP contribution < -0.4 is 14.8 Å². The minimum Gasteiger partial charge on any atom is -0.449 e. The Labute approximate surface area is 233 Å². The summed E-state index contributed by atoms with van der Waals surface area (Å²) in [6, 6.07) is 10.3. The Hall–Kier alpha value is -3.78. The van der Waals surface area contributed by atoms with Gasteiger partial charge in [0.2, 0.25) is 5.88 Å². The maximum absolute atomic E-state index is 14.2. The number of anilines is 1. The Balaban J connectivity index is 1.45. The number of nitrogens with one attached hydrogen (secondary N) is 1. The number of pyridine rings is 1. The molecule has 2 aromatic carbocycles. The van der Waals surface area contributed by atoms with Crippen molar-refractivity contribution in [3.8, 4) is 17.4 Å². The number of ether oxygens (including phenoxy) is 3. The molecule has 40 heavy (non-hydrogen) atoms. The van der Waals surface area contributed by atoms with Gasteiger partial charge < -0.3 is 19.5 Å². The Morgan fingerprint density at radius 3 is 2.60 bits per heavy atom. The number of nitrogens with zero attached hydrogens (tertiary/aromatic N) is 1. The summed E-state index contributed by atoms with van der Waals surface area (Å²) >= 11 is 0. The van der Waals surface area contributed by atoms with Gasteiger partial charge in [0.15, 0.2) is 11.6 Å². The van der Waals surface area contributed by atoms with Crippen LogP contribution in [0.1, 0.15) is 57.2 Å². The topological polar surface area (TPSA) is 69.7 Å². The zero-order chi connectivity index (χ0) is 28.8. The summed E-state index contributed by atoms with van der Waals surface area (Å²) < 4.78 is 45.4. The van der Waals surface area contributed by atoms with E-state index >= 15 is 0 Å². The molecule has 210 valence electrons. The lowest BCUT2D eigenvalue weighted by Crippen LogP contribution is -2.47. The van der Waals surface area contributed by atoms with Crippen LogP contribution in [0.2, 0.25) is 0 Å². The van der Waals surface area contributed by atoms with Crippen LogP contribution in [0, 0.1) is 30.4 Å². The highest BCUT2D eigenvalue weighted by atomic mass is 19.1. The van der Waals surface area contributed by atoms with Crippen molar-refractivity contribution < 1.29 is 27.8 Å². The van der Waals surface area contributed by atoms with E-state index in [1.807, 2.05) is 6.92 Å². The van der Waals surface area contributed by atoms with E-state index < -0.39 is 23.3 Å². The highest BCUT2D eigenvalue weighted by Crippen LogP contribution is 2.54. The average molecular weight is 549 g/mol. The number of fused-ring (bicyclic) bond motifs is 1. The van der Waals surface area contributed by atoms with Crippen LogP contribution in [0.15, 0.2) is 60.8 Å². The zero-order valence-electron chi connectivity index (χ0n) is 23.5. The van der Waals surface area contributed by atoms with Crippen molar-refractivity contribution in [1.82, 2.24) is 4.98 Å². The number of hydrogen-bond donors (Lipinski definition) is 1. The number of rotatable bonds is 7. The van der Waals surface area contributed by atoms with Gasteiger partial charge in [-0.25, -0.2) is 13.8 Å². The second-order valence-corrected chi connectivity index (χ2v) is 11.5. The Morgan fingerprint density at radius 2 is 1.93 bits per heavy atom. The fourth-order valence-corrected chi connectivity index (χ4v) is 5.82. The van der Waals surface area contributed by atoms with E-state index in [0.29, 0.717) is 29.6 Å². The molecule has 6 nitrogen and oxygen atoms in total. The number of benzene rings is 2. The summed E-state index contributed by atoms with van der Waals surface area (Å²) in [6.07, 6.45) is 4.74. The van der Waals surface area contributed by atoms with E-state index in [-0.39, 0.29) is 29.3 Å². The van der Waals surface area contributed by atoms with Gasteiger partial charge in [-0.05, 0) is 83.2 Å². The maximum Gasteiger partial charge on any atom is 0.311 e. The zero-order valence-corrected chi connectivity index (χ0v) is 23.5. The predicted octanol–water partition coefficient (Wildman–Crippen LogP) is 7.43. The van der Waals surface area contributed by atoms with Crippen molar-refractivity contribution in [3.05, 3.63) is 89.1 Å². The van der Waals surface area contributed by atoms with Crippen LogP contribution in [-0.2, 0) is 14.9 Å². The summed E-state index contributed by atoms with van der Waals surface area (Å²) in [5, 5.41) is 2.76. The fourth-order valence-electron chi connectivity index (χ4n) is 5.82. The van der Waals surface area contributed by atoms with Crippen LogP contribution in [0.3, 0.4) is 0 Å². The van der Waals surface area contributed by atoms with Crippen molar-refractivity contribution in [3.63, 3.8) is 0 Å². The summed E-state index contributed by atoms with van der Waals surface area (Å²) in [7, 11) is 0. The molecule has 5 rings (SSSR count). The second kappa shape index (κ2) is 10.3. The number of carbonyl (C=O) groups is 1. The molecule has 0 saturated carbocycles. The van der Waals surface area contributed by atoms with Crippen molar-refractivity contribution >= 4 is 11.6 Å². The van der Waals surface area contributed by atoms with Crippen LogP contribution in [0.25, 0.3) is 0 Å². The predicted molar refractivity (Wildman–Crippen MR) is 149 cm³/mol. The lowest BCUT2D eigenvalue weighted by Gasteiger charge is -2.30. The number of amides is 1. The molecule has 3 aromatic rings. The van der Waals surface area contributed by atoms with E-state index in [2.05, 4.69) is 57.1 Å². The van der Waals surface area contributed by atoms with Crippen LogP contribution in [-0.4, -0.2) is 23.3 Å². The first kappa shape index (κ1) is 27.8. The molecule has 0 spiro atoms. The average Bonchev–Trinajstić information content (AvgIpc) is 3.44. The molecule has 2 aliphatic rings. The SMILES string of the molecule is Cc1cc2c(cc1OC1(C(=O)Nc3cccnc3Oc3ccc(F)cc3F)C=CCO1)C(C(C)C)C(C)C2(C)C. The second-order valence-electron chi connectivity index (χ2n) is 11.5. The monoisotopic (exact) mass is 548 g/mol. The van der Waals surface area contributed by atoms with Crippen molar-refractivity contribution in [2.45, 2.75) is 58.7 Å². The number of hydrogen-bond acceptors (Lipinski definition) is 5. The van der Waals surface area contributed by atoms with E-state index in [4.69, 9.17) is 14.2 Å². The minimum absolute atomic E-state index is 0.00703. The Kier molecular flexibility index (Phi) is 7.17. The van der Waals surface area contributed by atoms with E-state index in [9.17, 15) is 13.6 Å². The van der Waals surface area contributed by atoms with Gasteiger partial charge in [-0.2, -0.15) is 0 Å². The smallest absolute Gasteiger partial charge is 0.311 e. The Morgan fingerprint density at radius 1 is 1.15 bits per heavy atom. The standard InChI is InChI=1S/C32H34F2N2O4/c1-18(2)28-20(4)31(5,6)23-15-19(3)27(17-22(23)28)40-32(12-8-14-38-32)30(37)36-25-9-7-13-35-29(25)39-26-11-10-21(33)16-24(26)34/h7-13,15-18,20,28H,14H2,1-6H3,(H,36,37). The van der Waals surface area contributed by atoms with Gasteiger partial charge in [-0.3, -0.25) is 4.79 Å². The van der Waals surface area contributed by atoms with Gasteiger partial charge in [-0.1, -0.05) is 46.8 Å². The molecule has 0 radical (unpaired) electrons. The number of carbonyl (C=O) groups excluding carboxylic acids is 1. The largest absolute Gasteiger partial charge is 0.449 e. The highest BCUT2D eigenvalue weighted by molar-refractivity contribution is 5.99. The molecule has 2 heterocycles. The summed E-state index contributed by atoms with van der Waals surface area (Å²) in [6.45, 7) is 13.5. The molecule has 1 N–H and O–H groups in total. The molecule has 3 atom stereocenters. The number of halogens is 2. The van der Waals surface area contributed by atoms with Crippen LogP contribution >= 0.6 is 0 Å². The first-order valence-corrected chi connectivity index (χ1v) is 13.5. The minimum atomic E-state index is -1.74. The van der Waals surface area contributed by atoms with E-state index in [0.717, 1.165) is 17.7 Å². The third kappa shape index (κ3) is 4.85. The third-order valence-corrected chi connectivity index (χ3v) is 8.22. The summed E-state index contributed by atoms with van der Waals surface area (Å²) in [5.41, 5.74) is 3.61. The first-order chi connectivity index (χ1) is 18.9. The van der Waals surface area contributed by atoms with Gasteiger partial charge in [-0.15, -0.1) is 0 Å². The third-order valence-electron chi connectivity index (χ3n) is 8.22. The molecule has 1 aliphatic heterocycles. The molecule has 1 amide bonds. The normalized spacial score (nSPS) is 22.8. The number of aromatic nitrogens is 1. The molecule has 0 fully saturated rings. The molecular weight excluding hydrogens is 514 g/mol. The Bertz CT molecular complexity index is 1490. The van der Waals surface area contributed by atoms with Gasteiger partial charge in [0.25, 0.3) is 0 Å². The molecule has 1 aliphatic carbocycles. The van der Waals surface area contributed by atoms with Gasteiger partial charge in [0.1, 0.15) is 17.3 Å².